The Bertz CT molecular complexity index is 159. The number of hydrogen-bond acceptors (Lipinski definition) is 1. The van der Waals surface area contributed by atoms with Crippen molar-refractivity contribution >= 4 is 17.5 Å². The van der Waals surface area contributed by atoms with Gasteiger partial charge in [0.05, 0.1) is 0 Å². The number of halogens is 1. The smallest absolute Gasteiger partial charge is 0.223 e. The van der Waals surface area contributed by atoms with E-state index in [4.69, 9.17) is 11.6 Å². The molecule has 0 aromatic carbocycles. The molecule has 0 spiro atoms. The van der Waals surface area contributed by atoms with Gasteiger partial charge in [-0.25, -0.2) is 0 Å². The monoisotopic (exact) mass is 205 g/mol. The van der Waals surface area contributed by atoms with E-state index in [1.54, 1.807) is 0 Å². The van der Waals surface area contributed by atoms with Gasteiger partial charge in [-0.3, -0.25) is 4.79 Å². The molecule has 0 aromatic rings. The molecule has 0 aromatic heterocycles. The molecule has 78 valence electrons. The van der Waals surface area contributed by atoms with E-state index >= 15 is 0 Å². The van der Waals surface area contributed by atoms with Crippen LogP contribution in [0.4, 0.5) is 0 Å². The van der Waals surface area contributed by atoms with E-state index in [2.05, 4.69) is 19.2 Å². The molecule has 2 unspecified atom stereocenters. The van der Waals surface area contributed by atoms with Crippen molar-refractivity contribution in [3.8, 4) is 0 Å². The number of amides is 1. The Balaban J connectivity index is 4.01. The predicted octanol–water partition coefficient (Wildman–Crippen LogP) is 2.41. The summed E-state index contributed by atoms with van der Waals surface area (Å²) in [5, 5.41) is 2.95. The average Bonchev–Trinajstić information content (AvgIpc) is 2.11. The van der Waals surface area contributed by atoms with Gasteiger partial charge in [0.2, 0.25) is 5.91 Å². The minimum atomic E-state index is 0.0875. The Labute approximate surface area is 86.0 Å². The van der Waals surface area contributed by atoms with E-state index in [-0.39, 0.29) is 17.9 Å². The normalized spacial score (nSPS) is 15.5. The largest absolute Gasteiger partial charge is 0.352 e. The molecule has 0 saturated carbocycles. The van der Waals surface area contributed by atoms with Crippen LogP contribution in [0.1, 0.15) is 34.1 Å². The zero-order valence-electron chi connectivity index (χ0n) is 8.93. The first-order chi connectivity index (χ1) is 6.02. The lowest BCUT2D eigenvalue weighted by Gasteiger charge is -2.21. The first-order valence-electron chi connectivity index (χ1n) is 4.89. The zero-order chi connectivity index (χ0) is 10.4. The van der Waals surface area contributed by atoms with Crippen molar-refractivity contribution in [3.05, 3.63) is 0 Å². The standard InChI is InChI=1S/C10H20ClNO/c1-5-8(4)10(13)12-9(6-11)7(2)3/h7-9H,5-6H2,1-4H3,(H,12,13). The van der Waals surface area contributed by atoms with E-state index in [0.29, 0.717) is 11.8 Å². The van der Waals surface area contributed by atoms with Crippen molar-refractivity contribution in [1.29, 1.82) is 0 Å². The third-order valence-electron chi connectivity index (χ3n) is 2.36. The summed E-state index contributed by atoms with van der Waals surface area (Å²) in [5.41, 5.74) is 0. The van der Waals surface area contributed by atoms with E-state index in [9.17, 15) is 4.79 Å². The molecule has 3 heteroatoms. The van der Waals surface area contributed by atoms with Gasteiger partial charge >= 0.3 is 0 Å². The zero-order valence-corrected chi connectivity index (χ0v) is 9.69. The molecule has 1 N–H and O–H groups in total. The van der Waals surface area contributed by atoms with Gasteiger partial charge in [-0.05, 0) is 12.3 Å². The van der Waals surface area contributed by atoms with Gasteiger partial charge in [0.25, 0.3) is 0 Å². The van der Waals surface area contributed by atoms with Gasteiger partial charge < -0.3 is 5.32 Å². The van der Waals surface area contributed by atoms with E-state index < -0.39 is 0 Å². The van der Waals surface area contributed by atoms with Crippen LogP contribution in [0.2, 0.25) is 0 Å². The Morgan fingerprint density at radius 3 is 2.23 bits per heavy atom. The first-order valence-corrected chi connectivity index (χ1v) is 5.42. The van der Waals surface area contributed by atoms with Crippen molar-refractivity contribution in [3.63, 3.8) is 0 Å². The second kappa shape index (κ2) is 6.25. The summed E-state index contributed by atoms with van der Waals surface area (Å²) < 4.78 is 0. The molecular weight excluding hydrogens is 186 g/mol. The van der Waals surface area contributed by atoms with Crippen LogP contribution in [0.25, 0.3) is 0 Å². The van der Waals surface area contributed by atoms with E-state index in [0.717, 1.165) is 6.42 Å². The number of carbonyl (C=O) groups excluding carboxylic acids is 1. The molecule has 0 aliphatic rings. The molecule has 0 heterocycles. The molecule has 0 saturated heterocycles. The van der Waals surface area contributed by atoms with Crippen molar-refractivity contribution in [1.82, 2.24) is 5.32 Å². The van der Waals surface area contributed by atoms with Crippen LogP contribution < -0.4 is 5.32 Å². The summed E-state index contributed by atoms with van der Waals surface area (Å²) in [4.78, 5) is 11.5. The molecule has 0 bridgehead atoms. The van der Waals surface area contributed by atoms with E-state index in [1.165, 1.54) is 0 Å². The van der Waals surface area contributed by atoms with Crippen LogP contribution in [-0.2, 0) is 4.79 Å². The lowest BCUT2D eigenvalue weighted by atomic mass is 10.0. The fourth-order valence-electron chi connectivity index (χ4n) is 0.894. The number of carbonyl (C=O) groups is 1. The molecule has 2 nitrogen and oxygen atoms in total. The van der Waals surface area contributed by atoms with Gasteiger partial charge in [0.1, 0.15) is 0 Å². The van der Waals surface area contributed by atoms with Crippen LogP contribution in [0.15, 0.2) is 0 Å². The summed E-state index contributed by atoms with van der Waals surface area (Å²) in [6, 6.07) is 0.100. The van der Waals surface area contributed by atoms with Crippen molar-refractivity contribution in [2.45, 2.75) is 40.2 Å². The molecule has 1 amide bonds. The van der Waals surface area contributed by atoms with Crippen molar-refractivity contribution in [2.24, 2.45) is 11.8 Å². The van der Waals surface area contributed by atoms with Crippen LogP contribution in [-0.4, -0.2) is 17.8 Å². The summed E-state index contributed by atoms with van der Waals surface area (Å²) in [6.45, 7) is 8.06. The highest BCUT2D eigenvalue weighted by molar-refractivity contribution is 6.18. The number of nitrogens with one attached hydrogen (secondary N) is 1. The highest BCUT2D eigenvalue weighted by atomic mass is 35.5. The third-order valence-corrected chi connectivity index (χ3v) is 2.69. The quantitative estimate of drug-likeness (QED) is 0.687. The highest BCUT2D eigenvalue weighted by Gasteiger charge is 2.17. The van der Waals surface area contributed by atoms with Gasteiger partial charge in [-0.2, -0.15) is 0 Å². The van der Waals surface area contributed by atoms with Crippen LogP contribution in [0.5, 0.6) is 0 Å². The van der Waals surface area contributed by atoms with Crippen LogP contribution >= 0.6 is 11.6 Å². The summed E-state index contributed by atoms with van der Waals surface area (Å²) >= 11 is 5.74. The maximum Gasteiger partial charge on any atom is 0.223 e. The maximum absolute atomic E-state index is 11.5. The van der Waals surface area contributed by atoms with Crippen molar-refractivity contribution in [2.75, 3.05) is 5.88 Å². The minimum absolute atomic E-state index is 0.0875. The Morgan fingerprint density at radius 2 is 1.92 bits per heavy atom. The van der Waals surface area contributed by atoms with Gasteiger partial charge in [-0.1, -0.05) is 27.7 Å². The van der Waals surface area contributed by atoms with Crippen molar-refractivity contribution < 1.29 is 4.79 Å². The summed E-state index contributed by atoms with van der Waals surface area (Å²) in [7, 11) is 0. The second-order valence-corrected chi connectivity index (χ2v) is 4.13. The summed E-state index contributed by atoms with van der Waals surface area (Å²) in [5.74, 6) is 1.08. The fraction of sp³-hybridized carbons (Fsp3) is 0.900. The lowest BCUT2D eigenvalue weighted by Crippen LogP contribution is -2.42. The highest BCUT2D eigenvalue weighted by Crippen LogP contribution is 2.06. The first kappa shape index (κ1) is 12.8. The predicted molar refractivity (Wildman–Crippen MR) is 56.9 cm³/mol. The Hall–Kier alpha value is -0.240. The third kappa shape index (κ3) is 4.51. The minimum Gasteiger partial charge on any atom is -0.352 e. The van der Waals surface area contributed by atoms with Crippen LogP contribution in [0, 0.1) is 11.8 Å². The molecule has 0 aliphatic heterocycles. The average molecular weight is 206 g/mol. The molecule has 0 aliphatic carbocycles. The van der Waals surface area contributed by atoms with E-state index in [1.807, 2.05) is 13.8 Å². The molecular formula is C10H20ClNO. The SMILES string of the molecule is CCC(C)C(=O)NC(CCl)C(C)C. The van der Waals surface area contributed by atoms with Gasteiger partial charge in [0.15, 0.2) is 0 Å². The molecule has 13 heavy (non-hydrogen) atoms. The Morgan fingerprint density at radius 1 is 1.38 bits per heavy atom. The molecule has 0 fully saturated rings. The van der Waals surface area contributed by atoms with Crippen LogP contribution in [0.3, 0.4) is 0 Å². The Kier molecular flexibility index (Phi) is 6.13. The maximum atomic E-state index is 11.5. The molecule has 2 atom stereocenters. The summed E-state index contributed by atoms with van der Waals surface area (Å²) in [6.07, 6.45) is 0.874. The van der Waals surface area contributed by atoms with Gasteiger partial charge in [0, 0.05) is 17.8 Å². The second-order valence-electron chi connectivity index (χ2n) is 3.82. The fourth-order valence-corrected chi connectivity index (χ4v) is 1.33. The molecule has 0 radical (unpaired) electrons. The number of hydrogen-bond donors (Lipinski definition) is 1. The van der Waals surface area contributed by atoms with Gasteiger partial charge in [-0.15, -0.1) is 11.6 Å². The molecule has 0 rings (SSSR count). The topological polar surface area (TPSA) is 29.1 Å². The lowest BCUT2D eigenvalue weighted by molar-refractivity contribution is -0.125. The number of alkyl halides is 1. The number of rotatable bonds is 5.